The Balaban J connectivity index is 1.11. The molecule has 4 N–H and O–H groups in total. The number of carbonyl (C=O) groups is 5. The van der Waals surface area contributed by atoms with Gasteiger partial charge < -0.3 is 63.7 Å². The lowest BCUT2D eigenvalue weighted by atomic mass is 9.97. The highest BCUT2D eigenvalue weighted by molar-refractivity contribution is 6.19. The van der Waals surface area contributed by atoms with Gasteiger partial charge >= 0.3 is 12.2 Å². The number of aliphatic hydroxyl groups excluding tert-OH is 1. The van der Waals surface area contributed by atoms with Crippen LogP contribution in [-0.4, -0.2) is 152 Å². The summed E-state index contributed by atoms with van der Waals surface area (Å²) in [5, 5.41) is 15.6. The lowest BCUT2D eigenvalue weighted by molar-refractivity contribution is -0.129. The number of amides is 5. The number of alkyl halides is 1. The average Bonchev–Trinajstić information content (AvgIpc) is 4.04. The molecule has 19 nitrogen and oxygen atoms in total. The van der Waals surface area contributed by atoms with E-state index in [-0.39, 0.29) is 105 Å². The number of aromatic amines is 1. The van der Waals surface area contributed by atoms with E-state index in [1.807, 2.05) is 58.0 Å². The highest BCUT2D eigenvalue weighted by Crippen LogP contribution is 2.46. The Hall–Kier alpha value is -6.41. The summed E-state index contributed by atoms with van der Waals surface area (Å²) in [6, 6.07) is 15.0. The minimum atomic E-state index is -0.794. The van der Waals surface area contributed by atoms with Gasteiger partial charge in [-0.25, -0.2) is 14.6 Å². The first-order valence-electron chi connectivity index (χ1n) is 22.9. The predicted octanol–water partition coefficient (Wildman–Crippen LogP) is 6.35. The van der Waals surface area contributed by atoms with Gasteiger partial charge in [0.2, 0.25) is 11.8 Å². The smallest absolute Gasteiger partial charge is 0.415 e. The number of halogens is 1. The molecule has 5 amide bonds. The zero-order valence-electron chi connectivity index (χ0n) is 40.4. The normalized spacial score (nSPS) is 14.2. The molecule has 1 aliphatic rings. The number of nitrogens with zero attached hydrogens (tertiary/aromatic N) is 5. The minimum Gasteiger partial charge on any atom is -0.492 e. The zero-order chi connectivity index (χ0) is 49.9. The summed E-state index contributed by atoms with van der Waals surface area (Å²) in [6.45, 7) is 10.4. The Labute approximate surface area is 406 Å². The molecule has 3 atom stereocenters. The van der Waals surface area contributed by atoms with Crippen molar-refractivity contribution >= 4 is 74.9 Å². The highest BCUT2D eigenvalue weighted by atomic mass is 35.5. The summed E-state index contributed by atoms with van der Waals surface area (Å²) < 4.78 is 29.0. The van der Waals surface area contributed by atoms with Crippen LogP contribution in [0.15, 0.2) is 59.0 Å². The van der Waals surface area contributed by atoms with Gasteiger partial charge in [0, 0.05) is 92.6 Å². The maximum Gasteiger partial charge on any atom is 0.415 e. The first-order valence-corrected chi connectivity index (χ1v) is 23.5. The Morgan fingerprint density at radius 2 is 1.68 bits per heavy atom. The first-order chi connectivity index (χ1) is 33.0. The van der Waals surface area contributed by atoms with Crippen LogP contribution < -0.4 is 25.0 Å². The number of likely N-dealkylation sites (N-methyl/N-ethyl adjacent to an activating group) is 2. The quantitative estimate of drug-likeness (QED) is 0.0439. The second-order valence-corrected chi connectivity index (χ2v) is 18.0. The third-order valence-electron chi connectivity index (χ3n) is 11.9. The topological polar surface area (TPSA) is 221 Å². The number of oxazole rings is 1. The van der Waals surface area contributed by atoms with Gasteiger partial charge in [0.25, 0.3) is 5.91 Å². The molecule has 5 aromatic rings. The molecular weight excluding hydrogens is 912 g/mol. The van der Waals surface area contributed by atoms with Gasteiger partial charge in [-0.05, 0) is 68.9 Å². The average molecular weight is 976 g/mol. The standard InChI is InChI=1S/C49H63ClN8O11/c1-29(2)30(3)45(60)51-31(4)46(61)53-36-11-9-33(10-12-36)28-67-48(63)56(8)15-16-57(18-20-65-22-19-59)49(64)69-41-25-40-42(43-44(41)68-32(5)52-43)35(26-50)27-58(40)47(62)39-24-34-23-37(13-14-38(34)54-39)66-21-17-55(6)7/h9-14,23-25,29-31,35,54,59H,15-22,26-28H2,1-8H3,(H,51,60)(H,53,61)/t30-,31-,35?/m0/s1. The van der Waals surface area contributed by atoms with Crippen LogP contribution in [0, 0.1) is 18.8 Å². The van der Waals surface area contributed by atoms with Gasteiger partial charge in [-0.2, -0.15) is 0 Å². The van der Waals surface area contributed by atoms with Gasteiger partial charge in [-0.1, -0.05) is 32.9 Å². The van der Waals surface area contributed by atoms with E-state index >= 15 is 0 Å². The first kappa shape index (κ1) is 52.0. The number of hydrogen-bond donors (Lipinski definition) is 4. The van der Waals surface area contributed by atoms with Crippen molar-refractivity contribution < 1.29 is 52.4 Å². The molecule has 0 bridgehead atoms. The third-order valence-corrected chi connectivity index (χ3v) is 12.3. The maximum absolute atomic E-state index is 14.3. The van der Waals surface area contributed by atoms with Gasteiger partial charge in [0.15, 0.2) is 17.2 Å². The molecular formula is C49H63ClN8O11. The molecule has 3 aromatic carbocycles. The van der Waals surface area contributed by atoms with Crippen LogP contribution in [0.1, 0.15) is 61.1 Å². The summed E-state index contributed by atoms with van der Waals surface area (Å²) >= 11 is 6.53. The van der Waals surface area contributed by atoms with E-state index in [0.29, 0.717) is 52.0 Å². The monoisotopic (exact) mass is 974 g/mol. The Morgan fingerprint density at radius 3 is 2.38 bits per heavy atom. The van der Waals surface area contributed by atoms with Crippen molar-refractivity contribution in [3.8, 4) is 11.5 Å². The van der Waals surface area contributed by atoms with Crippen molar-refractivity contribution in [2.75, 3.05) is 96.4 Å². The number of benzene rings is 3. The number of H-pyrrole nitrogens is 1. The van der Waals surface area contributed by atoms with Crippen molar-refractivity contribution in [1.29, 1.82) is 0 Å². The molecule has 3 heterocycles. The van der Waals surface area contributed by atoms with Gasteiger partial charge in [0.05, 0.1) is 25.5 Å². The molecule has 20 heteroatoms. The van der Waals surface area contributed by atoms with Crippen LogP contribution in [0.5, 0.6) is 11.5 Å². The molecule has 1 unspecified atom stereocenters. The fraction of sp³-hybridized carbons (Fsp3) is 0.469. The van der Waals surface area contributed by atoms with E-state index in [0.717, 1.165) is 17.4 Å². The summed E-state index contributed by atoms with van der Waals surface area (Å²) in [7, 11) is 5.47. The molecule has 0 saturated carbocycles. The van der Waals surface area contributed by atoms with Gasteiger partial charge in [-0.3, -0.25) is 14.4 Å². The van der Waals surface area contributed by atoms with Crippen molar-refractivity contribution in [2.45, 2.75) is 53.2 Å². The molecule has 0 aliphatic carbocycles. The number of aryl methyl sites for hydroxylation is 1. The SMILES string of the molecule is Cc1nc2c3c(cc(OC(=O)N(CCOCCO)CCN(C)C(=O)OCc4ccc(NC(=O)[C@H](C)NC(=O)[C@@H](C)C(C)C)cc4)c2o1)N(C(=O)c1cc2cc(OCCN(C)C)ccc2[nH]1)CC3CCl. The van der Waals surface area contributed by atoms with Crippen LogP contribution in [0.25, 0.3) is 22.0 Å². The number of rotatable bonds is 22. The zero-order valence-corrected chi connectivity index (χ0v) is 41.2. The molecule has 372 valence electrons. The number of fused-ring (bicyclic) bond motifs is 4. The van der Waals surface area contributed by atoms with E-state index in [4.69, 9.17) is 35.0 Å². The van der Waals surface area contributed by atoms with E-state index in [2.05, 4.69) is 20.6 Å². The van der Waals surface area contributed by atoms with E-state index in [9.17, 15) is 29.1 Å². The Kier molecular flexibility index (Phi) is 17.9. The fourth-order valence-electron chi connectivity index (χ4n) is 7.46. The van der Waals surface area contributed by atoms with E-state index < -0.39 is 18.2 Å². The van der Waals surface area contributed by atoms with Gasteiger partial charge in [-0.15, -0.1) is 11.6 Å². The molecule has 0 saturated heterocycles. The highest BCUT2D eigenvalue weighted by Gasteiger charge is 2.38. The van der Waals surface area contributed by atoms with Crippen LogP contribution in [-0.2, 0) is 25.7 Å². The summed E-state index contributed by atoms with van der Waals surface area (Å²) in [4.78, 5) is 80.8. The Morgan fingerprint density at radius 1 is 0.928 bits per heavy atom. The second kappa shape index (κ2) is 23.7. The van der Waals surface area contributed by atoms with Crippen molar-refractivity contribution in [3.63, 3.8) is 0 Å². The molecule has 0 fully saturated rings. The van der Waals surface area contributed by atoms with Crippen molar-refractivity contribution in [2.24, 2.45) is 11.8 Å². The fourth-order valence-corrected chi connectivity index (χ4v) is 7.71. The minimum absolute atomic E-state index is 0.00180. The summed E-state index contributed by atoms with van der Waals surface area (Å²) in [5.74, 6) is -0.101. The van der Waals surface area contributed by atoms with Crippen LogP contribution in [0.3, 0.4) is 0 Å². The number of carbonyl (C=O) groups excluding carboxylic acids is 5. The summed E-state index contributed by atoms with van der Waals surface area (Å²) in [6.07, 6.45) is -1.45. The van der Waals surface area contributed by atoms with Gasteiger partial charge in [0.1, 0.15) is 36.2 Å². The molecule has 69 heavy (non-hydrogen) atoms. The molecule has 0 spiro atoms. The largest absolute Gasteiger partial charge is 0.492 e. The van der Waals surface area contributed by atoms with Crippen LogP contribution in [0.4, 0.5) is 21.0 Å². The maximum atomic E-state index is 14.3. The van der Waals surface area contributed by atoms with Crippen LogP contribution in [0.2, 0.25) is 0 Å². The molecule has 0 radical (unpaired) electrons. The predicted molar refractivity (Wildman–Crippen MR) is 261 cm³/mol. The van der Waals surface area contributed by atoms with Crippen LogP contribution >= 0.6 is 11.6 Å². The third kappa shape index (κ3) is 13.2. The molecule has 6 rings (SSSR count). The molecule has 2 aromatic heterocycles. The van der Waals surface area contributed by atoms with E-state index in [1.165, 1.54) is 16.8 Å². The number of ether oxygens (including phenoxy) is 4. The lowest BCUT2D eigenvalue weighted by Crippen LogP contribution is -2.44. The Bertz CT molecular complexity index is 2600. The summed E-state index contributed by atoms with van der Waals surface area (Å²) in [5.41, 5.74) is 4.04. The van der Waals surface area contributed by atoms with Crippen molar-refractivity contribution in [1.82, 2.24) is 30.0 Å². The second-order valence-electron chi connectivity index (χ2n) is 17.7. The number of aliphatic hydroxyl groups is 1. The lowest BCUT2D eigenvalue weighted by Gasteiger charge is -2.25. The van der Waals surface area contributed by atoms with Crippen molar-refractivity contribution in [3.05, 3.63) is 77.3 Å². The number of hydrogen-bond acceptors (Lipinski definition) is 13. The number of aromatic nitrogens is 2. The molecule has 1 aliphatic heterocycles. The number of anilines is 2. The van der Waals surface area contributed by atoms with E-state index in [1.54, 1.807) is 55.1 Å². The number of nitrogens with one attached hydrogen (secondary N) is 3.